The molecule has 3 heterocycles. The highest BCUT2D eigenvalue weighted by Gasteiger charge is 2.40. The third-order valence-electron chi connectivity index (χ3n) is 7.59. The molecule has 2 aromatic carbocycles. The number of fused-ring (bicyclic) bond motifs is 1. The predicted octanol–water partition coefficient (Wildman–Crippen LogP) is 4.48. The number of halogens is 1. The minimum atomic E-state index is -0.385. The average Bonchev–Trinajstić information content (AvgIpc) is 3.27. The van der Waals surface area contributed by atoms with Gasteiger partial charge in [-0.15, -0.1) is 11.8 Å². The lowest BCUT2D eigenvalue weighted by molar-refractivity contribution is -0.137. The van der Waals surface area contributed by atoms with Crippen molar-refractivity contribution in [2.45, 2.75) is 45.3 Å². The van der Waals surface area contributed by atoms with Gasteiger partial charge < -0.3 is 9.80 Å². The smallest absolute Gasteiger partial charge is 0.242 e. The summed E-state index contributed by atoms with van der Waals surface area (Å²) in [6.07, 6.45) is 0. The van der Waals surface area contributed by atoms with Gasteiger partial charge in [-0.1, -0.05) is 45.0 Å². The number of benzene rings is 2. The van der Waals surface area contributed by atoms with Gasteiger partial charge in [-0.25, -0.2) is 9.07 Å². The number of carbonyl (C=O) groups is 3. The second kappa shape index (κ2) is 11.3. The zero-order valence-corrected chi connectivity index (χ0v) is 25.0. The Balaban J connectivity index is 1.65. The Morgan fingerprint density at radius 2 is 1.68 bits per heavy atom. The molecule has 216 valence electrons. The van der Waals surface area contributed by atoms with Crippen molar-refractivity contribution in [1.82, 2.24) is 19.6 Å². The highest BCUT2D eigenvalue weighted by Crippen LogP contribution is 2.48. The summed E-state index contributed by atoms with van der Waals surface area (Å²) in [5.74, 6) is 0.0234. The van der Waals surface area contributed by atoms with Gasteiger partial charge in [0.15, 0.2) is 0 Å². The van der Waals surface area contributed by atoms with Gasteiger partial charge in [-0.3, -0.25) is 19.3 Å². The molecule has 41 heavy (non-hydrogen) atoms. The Hall–Kier alpha value is -3.66. The van der Waals surface area contributed by atoms with Crippen LogP contribution in [0.3, 0.4) is 0 Å². The van der Waals surface area contributed by atoms with Crippen molar-refractivity contribution in [3.63, 3.8) is 0 Å². The number of piperazine rings is 1. The largest absolute Gasteiger partial charge is 0.339 e. The van der Waals surface area contributed by atoms with E-state index in [1.54, 1.807) is 31.5 Å². The van der Waals surface area contributed by atoms with Crippen LogP contribution in [0, 0.1) is 12.7 Å². The molecule has 3 amide bonds. The molecule has 0 radical (unpaired) electrons. The van der Waals surface area contributed by atoms with Gasteiger partial charge >= 0.3 is 0 Å². The number of thioether (sulfide) groups is 1. The van der Waals surface area contributed by atoms with Crippen LogP contribution in [0.15, 0.2) is 48.5 Å². The first-order valence-corrected chi connectivity index (χ1v) is 14.9. The van der Waals surface area contributed by atoms with Gasteiger partial charge in [0.1, 0.15) is 18.2 Å². The monoisotopic (exact) mass is 577 g/mol. The van der Waals surface area contributed by atoms with E-state index in [0.717, 1.165) is 28.1 Å². The van der Waals surface area contributed by atoms with Crippen LogP contribution >= 0.6 is 11.8 Å². The van der Waals surface area contributed by atoms with E-state index >= 15 is 0 Å². The summed E-state index contributed by atoms with van der Waals surface area (Å²) < 4.78 is 15.7. The molecule has 1 atom stereocenters. The van der Waals surface area contributed by atoms with Crippen molar-refractivity contribution in [1.29, 1.82) is 0 Å². The number of rotatable bonds is 4. The second-order valence-electron chi connectivity index (χ2n) is 11.7. The number of amides is 3. The highest BCUT2D eigenvalue weighted by atomic mass is 32.2. The summed E-state index contributed by atoms with van der Waals surface area (Å²) in [6.45, 7) is 11.4. The molecule has 1 saturated heterocycles. The first-order valence-electron chi connectivity index (χ1n) is 13.8. The maximum atomic E-state index is 13.9. The quantitative estimate of drug-likeness (QED) is 0.457. The van der Waals surface area contributed by atoms with Crippen LogP contribution in [-0.4, -0.2) is 75.8 Å². The minimum absolute atomic E-state index is 0.00920. The average molecular weight is 578 g/mol. The van der Waals surface area contributed by atoms with Gasteiger partial charge in [0, 0.05) is 44.1 Å². The van der Waals surface area contributed by atoms with Crippen LogP contribution in [0.4, 0.5) is 10.2 Å². The molecule has 1 aromatic heterocycles. The lowest BCUT2D eigenvalue weighted by Gasteiger charge is -2.35. The molecule has 1 unspecified atom stereocenters. The van der Waals surface area contributed by atoms with Crippen molar-refractivity contribution in [3.8, 4) is 5.69 Å². The lowest BCUT2D eigenvalue weighted by atomic mass is 9.87. The van der Waals surface area contributed by atoms with E-state index in [0.29, 0.717) is 32.0 Å². The Kier molecular flexibility index (Phi) is 7.96. The number of aryl methyl sites for hydroxylation is 1. The van der Waals surface area contributed by atoms with E-state index in [4.69, 9.17) is 5.10 Å². The fourth-order valence-corrected chi connectivity index (χ4v) is 6.62. The zero-order valence-electron chi connectivity index (χ0n) is 24.2. The van der Waals surface area contributed by atoms with Crippen LogP contribution in [0.25, 0.3) is 5.69 Å². The molecule has 0 bridgehead atoms. The molecule has 2 aliphatic heterocycles. The normalized spacial score (nSPS) is 17.9. The fraction of sp³-hybridized carbons (Fsp3) is 0.419. The predicted molar refractivity (Wildman–Crippen MR) is 159 cm³/mol. The third kappa shape index (κ3) is 5.88. The Labute approximate surface area is 244 Å². The van der Waals surface area contributed by atoms with Crippen LogP contribution in [-0.2, 0) is 19.8 Å². The number of hydrogen-bond acceptors (Lipinski definition) is 5. The van der Waals surface area contributed by atoms with Crippen molar-refractivity contribution < 1.29 is 18.8 Å². The molecular weight excluding hydrogens is 541 g/mol. The summed E-state index contributed by atoms with van der Waals surface area (Å²) in [5, 5.41) is 4.82. The maximum Gasteiger partial charge on any atom is 0.242 e. The molecule has 10 heteroatoms. The van der Waals surface area contributed by atoms with Crippen molar-refractivity contribution in [2.75, 3.05) is 43.4 Å². The van der Waals surface area contributed by atoms with Gasteiger partial charge in [-0.05, 0) is 42.3 Å². The van der Waals surface area contributed by atoms with Crippen molar-refractivity contribution in [2.24, 2.45) is 0 Å². The number of nitrogens with zero attached hydrogens (tertiary/aromatic N) is 5. The zero-order chi connectivity index (χ0) is 29.5. The first-order chi connectivity index (χ1) is 19.4. The summed E-state index contributed by atoms with van der Waals surface area (Å²) in [7, 11) is 0. The van der Waals surface area contributed by atoms with Crippen molar-refractivity contribution >= 4 is 35.3 Å². The minimum Gasteiger partial charge on any atom is -0.339 e. The van der Waals surface area contributed by atoms with Crippen LogP contribution in [0.1, 0.15) is 55.3 Å². The van der Waals surface area contributed by atoms with E-state index < -0.39 is 0 Å². The molecule has 0 saturated carbocycles. The molecule has 0 aliphatic carbocycles. The third-order valence-corrected chi connectivity index (χ3v) is 8.84. The van der Waals surface area contributed by atoms with Crippen LogP contribution < -0.4 is 4.90 Å². The fourth-order valence-electron chi connectivity index (χ4n) is 5.42. The molecule has 5 rings (SSSR count). The maximum absolute atomic E-state index is 13.9. The van der Waals surface area contributed by atoms with Crippen LogP contribution in [0.5, 0.6) is 0 Å². The van der Waals surface area contributed by atoms with E-state index in [1.807, 2.05) is 31.2 Å². The molecule has 3 aromatic rings. The summed E-state index contributed by atoms with van der Waals surface area (Å²) >= 11 is 1.47. The number of carbonyl (C=O) groups excluding carboxylic acids is 3. The van der Waals surface area contributed by atoms with E-state index in [-0.39, 0.29) is 46.5 Å². The topological polar surface area (TPSA) is 78.8 Å². The first kappa shape index (κ1) is 28.9. The van der Waals surface area contributed by atoms with Gasteiger partial charge in [0.05, 0.1) is 22.4 Å². The Morgan fingerprint density at radius 1 is 1.02 bits per heavy atom. The van der Waals surface area contributed by atoms with Crippen LogP contribution in [0.2, 0.25) is 0 Å². The molecule has 0 N–H and O–H groups in total. The summed E-state index contributed by atoms with van der Waals surface area (Å²) in [5.41, 5.74) is 3.99. The summed E-state index contributed by atoms with van der Waals surface area (Å²) in [6, 6.07) is 14.3. The van der Waals surface area contributed by atoms with Gasteiger partial charge in [0.2, 0.25) is 17.7 Å². The second-order valence-corrected chi connectivity index (χ2v) is 12.8. The molecule has 1 fully saturated rings. The Morgan fingerprint density at radius 3 is 2.29 bits per heavy atom. The molecular formula is C31H36FN5O3S. The SMILES string of the molecule is CC(=O)N1CCN(C(=O)CN2C(=O)CSC(c3ccc(F)cc3)c3c(C(C)(C)C)nn(-c4cccc(C)c4)c32)CC1. The highest BCUT2D eigenvalue weighted by molar-refractivity contribution is 8.00. The summed E-state index contributed by atoms with van der Waals surface area (Å²) in [4.78, 5) is 44.3. The molecule has 0 spiro atoms. The number of anilines is 1. The van der Waals surface area contributed by atoms with Crippen molar-refractivity contribution in [3.05, 3.63) is 76.7 Å². The molecule has 2 aliphatic rings. The van der Waals surface area contributed by atoms with E-state index in [2.05, 4.69) is 20.8 Å². The Bertz CT molecular complexity index is 1470. The lowest BCUT2D eigenvalue weighted by Crippen LogP contribution is -2.53. The standard InChI is InChI=1S/C31H36FN5O3S/c1-20-7-6-8-24(17-20)37-30-27(29(33-37)31(3,4)5)28(22-9-11-23(32)12-10-22)41-19-26(40)36(30)18-25(39)35-15-13-34(14-16-35)21(2)38/h6-12,17,28H,13-16,18-19H2,1-5H3. The van der Waals surface area contributed by atoms with Gasteiger partial charge in [0.25, 0.3) is 0 Å². The van der Waals surface area contributed by atoms with E-state index in [1.165, 1.54) is 30.8 Å². The molecule has 8 nitrogen and oxygen atoms in total. The number of hydrogen-bond donors (Lipinski definition) is 0. The number of aromatic nitrogens is 2. The van der Waals surface area contributed by atoms with Gasteiger partial charge in [-0.2, -0.15) is 5.10 Å². The van der Waals surface area contributed by atoms with E-state index in [9.17, 15) is 18.8 Å².